The molecule has 1 aromatic carbocycles. The van der Waals surface area contributed by atoms with Gasteiger partial charge in [0.2, 0.25) is 6.54 Å². The Kier molecular flexibility index (Phi) is 2.98. The molecule has 0 spiro atoms. The highest BCUT2D eigenvalue weighted by molar-refractivity contribution is 5.81. The molecule has 0 amide bonds. The molecule has 3 nitrogen and oxygen atoms in total. The molecule has 0 bridgehead atoms. The molecule has 0 unspecified atom stereocenters. The minimum atomic E-state index is 0.603. The molecule has 0 fully saturated rings. The maximum absolute atomic E-state index is 4.48. The monoisotopic (exact) mass is 234 g/mol. The smallest absolute Gasteiger partial charge is 0.256 e. The highest BCUT2D eigenvalue weighted by Crippen LogP contribution is 2.16. The number of aromatic nitrogens is 2. The van der Waals surface area contributed by atoms with E-state index in [0.29, 0.717) is 6.54 Å². The Hall–Kier alpha value is -2.26. The summed E-state index contributed by atoms with van der Waals surface area (Å²) in [7, 11) is 0. The first-order valence-corrected chi connectivity index (χ1v) is 5.85. The Labute approximate surface area is 106 Å². The third-order valence-electron chi connectivity index (χ3n) is 2.78. The van der Waals surface area contributed by atoms with Crippen LogP contribution in [-0.4, -0.2) is 9.97 Å². The number of pyridine rings is 2. The zero-order chi connectivity index (χ0) is 12.2. The molecule has 0 saturated heterocycles. The first-order valence-electron chi connectivity index (χ1n) is 5.85. The van der Waals surface area contributed by atoms with E-state index >= 15 is 0 Å². The summed E-state index contributed by atoms with van der Waals surface area (Å²) in [6.45, 7) is 0.603. The minimum absolute atomic E-state index is 0.603. The van der Waals surface area contributed by atoms with E-state index in [0.717, 1.165) is 22.3 Å². The van der Waals surface area contributed by atoms with E-state index in [1.165, 1.54) is 0 Å². The zero-order valence-electron chi connectivity index (χ0n) is 9.82. The summed E-state index contributed by atoms with van der Waals surface area (Å²) in [6, 6.07) is 15.9. The first kappa shape index (κ1) is 10.9. The molecule has 0 atom stereocenters. The van der Waals surface area contributed by atoms with Crippen LogP contribution in [-0.2, 0) is 6.54 Å². The molecule has 86 valence electrons. The highest BCUT2D eigenvalue weighted by atomic mass is 15.0. The lowest BCUT2D eigenvalue weighted by Gasteiger charge is -1.99. The number of fused-ring (bicyclic) bond motifs is 1. The van der Waals surface area contributed by atoms with Gasteiger partial charge in [0.1, 0.15) is 5.32 Å². The Morgan fingerprint density at radius 1 is 0.833 bits per heavy atom. The second kappa shape index (κ2) is 4.94. The van der Waals surface area contributed by atoms with Gasteiger partial charge in [-0.2, -0.15) is 4.98 Å². The van der Waals surface area contributed by atoms with Gasteiger partial charge in [-0.3, -0.25) is 4.98 Å². The summed E-state index contributed by atoms with van der Waals surface area (Å²) >= 11 is 0. The van der Waals surface area contributed by atoms with Gasteiger partial charge in [0.15, 0.2) is 0 Å². The van der Waals surface area contributed by atoms with Gasteiger partial charge >= 0.3 is 5.82 Å². The van der Waals surface area contributed by atoms with Crippen molar-refractivity contribution >= 4 is 16.7 Å². The largest absolute Gasteiger partial charge is 0.339 e. The van der Waals surface area contributed by atoms with E-state index in [4.69, 9.17) is 0 Å². The lowest BCUT2D eigenvalue weighted by molar-refractivity contribution is 0.842. The van der Waals surface area contributed by atoms with Crippen LogP contribution in [0.5, 0.6) is 0 Å². The van der Waals surface area contributed by atoms with Crippen LogP contribution < -0.4 is 5.32 Å². The lowest BCUT2D eigenvalue weighted by Crippen LogP contribution is -2.00. The van der Waals surface area contributed by atoms with Crippen molar-refractivity contribution in [3.8, 4) is 0 Å². The average molecular weight is 234 g/mol. The fourth-order valence-electron chi connectivity index (χ4n) is 1.91. The number of para-hydroxylation sites is 1. The number of hydrogen-bond acceptors (Lipinski definition) is 2. The summed E-state index contributed by atoms with van der Waals surface area (Å²) in [5.74, 6) is 0.755. The molecule has 0 aliphatic rings. The third-order valence-corrected chi connectivity index (χ3v) is 2.78. The van der Waals surface area contributed by atoms with Gasteiger partial charge in [-0.15, -0.1) is 0 Å². The van der Waals surface area contributed by atoms with Crippen LogP contribution in [0.25, 0.3) is 10.9 Å². The second-order valence-electron chi connectivity index (χ2n) is 4.00. The van der Waals surface area contributed by atoms with Crippen LogP contribution in [0.4, 0.5) is 5.82 Å². The van der Waals surface area contributed by atoms with Crippen molar-refractivity contribution in [3.05, 3.63) is 66.5 Å². The third kappa shape index (κ3) is 2.21. The standard InChI is InChI=1S/C15H12N3/c1-2-9-16-14(8-1)18-11-13-6-3-5-12-7-4-10-17-15(12)13/h1-10H,11H2/q+1. The van der Waals surface area contributed by atoms with Crippen LogP contribution in [0.1, 0.15) is 5.56 Å². The number of nitrogens with zero attached hydrogens (tertiary/aromatic N) is 3. The summed E-state index contributed by atoms with van der Waals surface area (Å²) in [5.41, 5.74) is 2.14. The molecule has 2 radical (unpaired) electrons. The van der Waals surface area contributed by atoms with Gasteiger partial charge in [0.25, 0.3) is 0 Å². The average Bonchev–Trinajstić information content (AvgIpc) is 2.46. The van der Waals surface area contributed by atoms with E-state index in [1.807, 2.05) is 36.5 Å². The van der Waals surface area contributed by atoms with Gasteiger partial charge in [-0.25, -0.2) is 0 Å². The zero-order valence-corrected chi connectivity index (χ0v) is 9.82. The Balaban J connectivity index is 1.87. The van der Waals surface area contributed by atoms with Gasteiger partial charge in [0, 0.05) is 29.4 Å². The molecule has 2 heterocycles. The Bertz CT molecular complexity index is 645. The Morgan fingerprint density at radius 3 is 2.61 bits per heavy atom. The second-order valence-corrected chi connectivity index (χ2v) is 4.00. The summed E-state index contributed by atoms with van der Waals surface area (Å²) in [4.78, 5) is 8.60. The SMILES string of the molecule is c1ccc([N+]Cc2cccc3cccnc23)nc1. The van der Waals surface area contributed by atoms with Gasteiger partial charge in [-0.05, 0) is 12.1 Å². The molecule has 0 aliphatic heterocycles. The molecule has 0 N–H and O–H groups in total. The molecule has 0 aliphatic carbocycles. The van der Waals surface area contributed by atoms with Crippen molar-refractivity contribution in [1.82, 2.24) is 15.3 Å². The van der Waals surface area contributed by atoms with E-state index < -0.39 is 0 Å². The van der Waals surface area contributed by atoms with Gasteiger partial charge in [0.05, 0.1) is 5.52 Å². The van der Waals surface area contributed by atoms with Crippen LogP contribution in [0.2, 0.25) is 0 Å². The van der Waals surface area contributed by atoms with Gasteiger partial charge < -0.3 is 0 Å². The maximum Gasteiger partial charge on any atom is 0.339 e. The maximum atomic E-state index is 4.48. The van der Waals surface area contributed by atoms with Crippen LogP contribution in [0.15, 0.2) is 60.9 Å². The summed E-state index contributed by atoms with van der Waals surface area (Å²) in [6.07, 6.45) is 3.56. The molecule has 18 heavy (non-hydrogen) atoms. The van der Waals surface area contributed by atoms with Crippen molar-refractivity contribution in [2.45, 2.75) is 6.54 Å². The van der Waals surface area contributed by atoms with Crippen molar-refractivity contribution in [2.24, 2.45) is 0 Å². The normalized spacial score (nSPS) is 10.7. The van der Waals surface area contributed by atoms with E-state index in [1.54, 1.807) is 6.20 Å². The minimum Gasteiger partial charge on any atom is -0.256 e. The fourth-order valence-corrected chi connectivity index (χ4v) is 1.91. The van der Waals surface area contributed by atoms with E-state index in [-0.39, 0.29) is 0 Å². The van der Waals surface area contributed by atoms with Crippen molar-refractivity contribution in [2.75, 3.05) is 0 Å². The van der Waals surface area contributed by atoms with E-state index in [9.17, 15) is 0 Å². The fraction of sp³-hybridized carbons (Fsp3) is 0.0667. The molecule has 0 saturated carbocycles. The van der Waals surface area contributed by atoms with Crippen LogP contribution >= 0.6 is 0 Å². The number of hydrogen-bond donors (Lipinski definition) is 0. The summed E-state index contributed by atoms with van der Waals surface area (Å²) in [5, 5.41) is 5.62. The van der Waals surface area contributed by atoms with Crippen molar-refractivity contribution in [3.63, 3.8) is 0 Å². The van der Waals surface area contributed by atoms with Crippen molar-refractivity contribution < 1.29 is 0 Å². The molecular formula is C15H12N3+. The first-order chi connectivity index (χ1) is 8.93. The lowest BCUT2D eigenvalue weighted by atomic mass is 10.1. The van der Waals surface area contributed by atoms with Crippen LogP contribution in [0, 0.1) is 0 Å². The number of benzene rings is 1. The molecule has 3 heteroatoms. The predicted molar refractivity (Wildman–Crippen MR) is 71.5 cm³/mol. The molecule has 3 rings (SSSR count). The van der Waals surface area contributed by atoms with Crippen LogP contribution in [0.3, 0.4) is 0 Å². The topological polar surface area (TPSA) is 39.9 Å². The molecule has 2 aromatic heterocycles. The van der Waals surface area contributed by atoms with Gasteiger partial charge in [-0.1, -0.05) is 30.3 Å². The van der Waals surface area contributed by atoms with E-state index in [2.05, 4.69) is 33.5 Å². The Morgan fingerprint density at radius 2 is 1.72 bits per heavy atom. The number of rotatable bonds is 3. The van der Waals surface area contributed by atoms with Crippen molar-refractivity contribution in [1.29, 1.82) is 0 Å². The predicted octanol–water partition coefficient (Wildman–Crippen LogP) is 3.07. The molecule has 3 aromatic rings. The molecular weight excluding hydrogens is 222 g/mol. The summed E-state index contributed by atoms with van der Waals surface area (Å²) < 4.78 is 0. The quantitative estimate of drug-likeness (QED) is 0.698. The highest BCUT2D eigenvalue weighted by Gasteiger charge is 2.13.